The van der Waals surface area contributed by atoms with E-state index in [0.717, 1.165) is 11.3 Å². The number of rotatable bonds is 5. The number of fused-ring (bicyclic) bond motifs is 1. The van der Waals surface area contributed by atoms with E-state index in [1.54, 1.807) is 17.2 Å². The molecule has 0 saturated carbocycles. The van der Waals surface area contributed by atoms with Crippen LogP contribution in [0.1, 0.15) is 5.56 Å². The molecule has 0 aliphatic carbocycles. The Morgan fingerprint density at radius 2 is 1.83 bits per heavy atom. The lowest BCUT2D eigenvalue weighted by atomic mass is 10.1. The Morgan fingerprint density at radius 3 is 2.66 bits per heavy atom. The molecule has 2 aliphatic heterocycles. The van der Waals surface area contributed by atoms with Gasteiger partial charge in [0.1, 0.15) is 17.3 Å². The van der Waals surface area contributed by atoms with Crippen LogP contribution in [-0.2, 0) is 21.4 Å². The first kappa shape index (κ1) is 18.9. The molecule has 29 heavy (non-hydrogen) atoms. The average Bonchev–Trinajstić information content (AvgIpc) is 2.72. The second-order valence-electron chi connectivity index (χ2n) is 6.55. The number of hydrogen-bond donors (Lipinski definition) is 1. The van der Waals surface area contributed by atoms with Crippen molar-refractivity contribution in [1.29, 1.82) is 0 Å². The van der Waals surface area contributed by atoms with Crippen molar-refractivity contribution in [3.8, 4) is 11.5 Å². The van der Waals surface area contributed by atoms with Crippen molar-refractivity contribution < 1.29 is 17.9 Å². The summed E-state index contributed by atoms with van der Waals surface area (Å²) in [6.07, 6.45) is 4.73. The van der Waals surface area contributed by atoms with Crippen LogP contribution in [0.15, 0.2) is 82.9 Å². The molecule has 0 saturated heterocycles. The van der Waals surface area contributed by atoms with E-state index in [4.69, 9.17) is 4.74 Å². The number of carbonyl (C=O) groups excluding carboxylic acids is 1. The summed E-state index contributed by atoms with van der Waals surface area (Å²) in [6, 6.07) is 16.9. The van der Waals surface area contributed by atoms with Crippen LogP contribution in [0.4, 0.5) is 0 Å². The SMILES string of the molecule is O=C(NCc1ccccc1Oc1ccccc1)C1=CN2CCS(=O)(=O)N=C2C=C1. The minimum Gasteiger partial charge on any atom is -0.457 e. The summed E-state index contributed by atoms with van der Waals surface area (Å²) in [7, 11) is -3.42. The molecule has 8 heteroatoms. The Labute approximate surface area is 169 Å². The van der Waals surface area contributed by atoms with Crippen LogP contribution in [0.3, 0.4) is 0 Å². The fourth-order valence-corrected chi connectivity index (χ4v) is 3.95. The zero-order valence-electron chi connectivity index (χ0n) is 15.5. The van der Waals surface area contributed by atoms with Crippen molar-refractivity contribution in [2.75, 3.05) is 12.3 Å². The molecule has 1 N–H and O–H groups in total. The smallest absolute Gasteiger partial charge is 0.256 e. The summed E-state index contributed by atoms with van der Waals surface area (Å²) < 4.78 is 32.8. The molecular weight excluding hydrogens is 390 g/mol. The van der Waals surface area contributed by atoms with Crippen LogP contribution in [-0.4, -0.2) is 37.4 Å². The number of carbonyl (C=O) groups is 1. The summed E-state index contributed by atoms with van der Waals surface area (Å²) in [4.78, 5) is 14.3. The summed E-state index contributed by atoms with van der Waals surface area (Å²) in [5.74, 6) is 1.39. The van der Waals surface area contributed by atoms with E-state index >= 15 is 0 Å². The maximum atomic E-state index is 12.6. The maximum absolute atomic E-state index is 12.6. The van der Waals surface area contributed by atoms with Crippen LogP contribution in [0.25, 0.3) is 0 Å². The zero-order valence-corrected chi connectivity index (χ0v) is 16.3. The van der Waals surface area contributed by atoms with Crippen molar-refractivity contribution in [2.24, 2.45) is 4.40 Å². The van der Waals surface area contributed by atoms with Crippen molar-refractivity contribution in [3.63, 3.8) is 0 Å². The van der Waals surface area contributed by atoms with E-state index in [9.17, 15) is 13.2 Å². The van der Waals surface area contributed by atoms with E-state index in [1.165, 1.54) is 6.08 Å². The molecule has 0 bridgehead atoms. The van der Waals surface area contributed by atoms with E-state index in [2.05, 4.69) is 9.71 Å². The highest BCUT2D eigenvalue weighted by atomic mass is 32.2. The number of amides is 1. The molecule has 2 aromatic carbocycles. The predicted molar refractivity (Wildman–Crippen MR) is 110 cm³/mol. The van der Waals surface area contributed by atoms with Crippen molar-refractivity contribution in [1.82, 2.24) is 10.2 Å². The van der Waals surface area contributed by atoms with Gasteiger partial charge in [0.05, 0.1) is 11.3 Å². The number of para-hydroxylation sites is 2. The molecule has 4 rings (SSSR count). The minimum absolute atomic E-state index is 0.0695. The lowest BCUT2D eigenvalue weighted by Crippen LogP contribution is -2.38. The topological polar surface area (TPSA) is 88.1 Å². The van der Waals surface area contributed by atoms with E-state index in [-0.39, 0.29) is 18.2 Å². The second kappa shape index (κ2) is 7.92. The Bertz CT molecular complexity index is 1120. The van der Waals surface area contributed by atoms with Gasteiger partial charge in [-0.25, -0.2) is 8.42 Å². The Morgan fingerprint density at radius 1 is 1.07 bits per heavy atom. The number of nitrogens with zero attached hydrogens (tertiary/aromatic N) is 2. The van der Waals surface area contributed by atoms with Gasteiger partial charge in [0.2, 0.25) is 0 Å². The fraction of sp³-hybridized carbons (Fsp3) is 0.143. The van der Waals surface area contributed by atoms with Gasteiger partial charge in [0, 0.05) is 24.9 Å². The Hall–Kier alpha value is -3.39. The molecule has 0 aromatic heterocycles. The Kier molecular flexibility index (Phi) is 5.18. The molecule has 0 fully saturated rings. The van der Waals surface area contributed by atoms with Gasteiger partial charge in [-0.2, -0.15) is 0 Å². The highest BCUT2D eigenvalue weighted by molar-refractivity contribution is 7.90. The van der Waals surface area contributed by atoms with Gasteiger partial charge in [0.25, 0.3) is 15.9 Å². The van der Waals surface area contributed by atoms with Crippen LogP contribution >= 0.6 is 0 Å². The van der Waals surface area contributed by atoms with E-state index in [1.807, 2.05) is 54.6 Å². The molecule has 148 valence electrons. The number of nitrogens with one attached hydrogen (secondary N) is 1. The van der Waals surface area contributed by atoms with Gasteiger partial charge in [-0.3, -0.25) is 4.79 Å². The molecule has 0 radical (unpaired) electrons. The monoisotopic (exact) mass is 409 g/mol. The standard InChI is InChI=1S/C21H19N3O4S/c25-21(17-10-11-20-23-29(26,27)13-12-24(20)15-17)22-14-16-6-4-5-9-19(16)28-18-7-2-1-3-8-18/h1-11,15H,12-14H2,(H,22,25). The first-order chi connectivity index (χ1) is 14.0. The van der Waals surface area contributed by atoms with Crippen LogP contribution in [0.5, 0.6) is 11.5 Å². The third kappa shape index (κ3) is 4.55. The van der Waals surface area contributed by atoms with Crippen LogP contribution < -0.4 is 10.1 Å². The van der Waals surface area contributed by atoms with E-state index in [0.29, 0.717) is 23.7 Å². The zero-order chi connectivity index (χ0) is 20.3. The van der Waals surface area contributed by atoms with Gasteiger partial charge in [0.15, 0.2) is 0 Å². The molecule has 2 aliphatic rings. The summed E-state index contributed by atoms with van der Waals surface area (Å²) in [5, 5.41) is 2.88. The average molecular weight is 409 g/mol. The maximum Gasteiger partial charge on any atom is 0.256 e. The molecule has 0 spiro atoms. The number of amidine groups is 1. The van der Waals surface area contributed by atoms with Crippen LogP contribution in [0.2, 0.25) is 0 Å². The van der Waals surface area contributed by atoms with Crippen molar-refractivity contribution >= 4 is 21.8 Å². The van der Waals surface area contributed by atoms with Gasteiger partial charge in [-0.1, -0.05) is 36.4 Å². The number of ether oxygens (including phenoxy) is 1. The molecule has 0 atom stereocenters. The quantitative estimate of drug-likeness (QED) is 0.820. The normalized spacial score (nSPS) is 17.0. The molecule has 1 amide bonds. The summed E-state index contributed by atoms with van der Waals surface area (Å²) in [5.41, 5.74) is 1.28. The molecule has 2 heterocycles. The second-order valence-corrected chi connectivity index (χ2v) is 8.31. The molecule has 2 aromatic rings. The highest BCUT2D eigenvalue weighted by Gasteiger charge is 2.25. The molecule has 0 unspecified atom stereocenters. The number of hydrogen-bond acceptors (Lipinski definition) is 5. The third-order valence-electron chi connectivity index (χ3n) is 4.47. The Balaban J connectivity index is 1.43. The molecule has 7 nitrogen and oxygen atoms in total. The predicted octanol–water partition coefficient (Wildman–Crippen LogP) is 2.59. The van der Waals surface area contributed by atoms with Gasteiger partial charge >= 0.3 is 0 Å². The summed E-state index contributed by atoms with van der Waals surface area (Å²) in [6.45, 7) is 0.568. The van der Waals surface area contributed by atoms with Gasteiger partial charge < -0.3 is 15.0 Å². The van der Waals surface area contributed by atoms with Crippen LogP contribution in [0, 0.1) is 0 Å². The van der Waals surface area contributed by atoms with E-state index < -0.39 is 10.0 Å². The molecular formula is C21H19N3O4S. The van der Waals surface area contributed by atoms with Crippen molar-refractivity contribution in [2.45, 2.75) is 6.54 Å². The first-order valence-electron chi connectivity index (χ1n) is 9.08. The fourth-order valence-electron chi connectivity index (χ4n) is 2.98. The third-order valence-corrected chi connectivity index (χ3v) is 5.63. The summed E-state index contributed by atoms with van der Waals surface area (Å²) >= 11 is 0. The largest absolute Gasteiger partial charge is 0.457 e. The van der Waals surface area contributed by atoms with Gasteiger partial charge in [-0.15, -0.1) is 4.40 Å². The lowest BCUT2D eigenvalue weighted by Gasteiger charge is -2.27. The van der Waals surface area contributed by atoms with Crippen molar-refractivity contribution in [3.05, 3.63) is 84.1 Å². The number of sulfonamides is 1. The first-order valence-corrected chi connectivity index (χ1v) is 10.7. The van der Waals surface area contributed by atoms with Gasteiger partial charge in [-0.05, 0) is 30.4 Å². The highest BCUT2D eigenvalue weighted by Crippen LogP contribution is 2.25. The lowest BCUT2D eigenvalue weighted by molar-refractivity contribution is -0.117. The minimum atomic E-state index is -3.42. The number of benzene rings is 2.